The molecule has 1 atom stereocenters. The van der Waals surface area contributed by atoms with Crippen molar-refractivity contribution < 1.29 is 18.0 Å². The van der Waals surface area contributed by atoms with E-state index in [-0.39, 0.29) is 28.7 Å². The lowest BCUT2D eigenvalue weighted by Gasteiger charge is -2.33. The van der Waals surface area contributed by atoms with Crippen LogP contribution in [0.25, 0.3) is 0 Å². The second kappa shape index (κ2) is 7.83. The fourth-order valence-corrected chi connectivity index (χ4v) is 5.83. The van der Waals surface area contributed by atoms with Gasteiger partial charge >= 0.3 is 0 Å². The summed E-state index contributed by atoms with van der Waals surface area (Å²) in [5.41, 5.74) is 0. The van der Waals surface area contributed by atoms with Crippen molar-refractivity contribution in [3.63, 3.8) is 0 Å². The lowest BCUT2D eigenvalue weighted by molar-refractivity contribution is -0.133. The molecule has 8 heteroatoms. The van der Waals surface area contributed by atoms with Gasteiger partial charge in [0.05, 0.1) is 4.90 Å². The van der Waals surface area contributed by atoms with Crippen LogP contribution in [0.5, 0.6) is 0 Å². The molecule has 0 aromatic heterocycles. The van der Waals surface area contributed by atoms with Crippen molar-refractivity contribution in [3.8, 4) is 0 Å². The third-order valence-corrected chi connectivity index (χ3v) is 7.86. The third kappa shape index (κ3) is 3.93. The predicted octanol–water partition coefficient (Wildman–Crippen LogP) is 1.36. The number of benzene rings is 1. The number of amides is 2. The Kier molecular flexibility index (Phi) is 5.42. The lowest BCUT2D eigenvalue weighted by atomic mass is 10.0. The Bertz CT molecular complexity index is 830. The van der Waals surface area contributed by atoms with E-state index in [2.05, 4.69) is 5.32 Å². The number of nitrogens with one attached hydrogen (secondary N) is 1. The van der Waals surface area contributed by atoms with Crippen LogP contribution in [0.1, 0.15) is 38.5 Å². The Hall–Kier alpha value is -1.93. The van der Waals surface area contributed by atoms with Crippen LogP contribution in [-0.2, 0) is 19.6 Å². The van der Waals surface area contributed by atoms with E-state index >= 15 is 0 Å². The number of rotatable bonds is 5. The van der Waals surface area contributed by atoms with Gasteiger partial charge in [-0.25, -0.2) is 8.42 Å². The lowest BCUT2D eigenvalue weighted by Crippen LogP contribution is -2.52. The molecule has 1 saturated carbocycles. The van der Waals surface area contributed by atoms with Gasteiger partial charge in [0.15, 0.2) is 0 Å². The second-order valence-corrected chi connectivity index (χ2v) is 9.86. The van der Waals surface area contributed by atoms with Gasteiger partial charge in [-0.1, -0.05) is 18.2 Å². The molecule has 1 unspecified atom stereocenters. The summed E-state index contributed by atoms with van der Waals surface area (Å²) in [4.78, 5) is 27.1. The van der Waals surface area contributed by atoms with Gasteiger partial charge in [-0.05, 0) is 50.7 Å². The number of sulfonamides is 1. The van der Waals surface area contributed by atoms with E-state index in [9.17, 15) is 18.0 Å². The predicted molar refractivity (Wildman–Crippen MR) is 104 cm³/mol. The van der Waals surface area contributed by atoms with Crippen LogP contribution in [0, 0.1) is 5.92 Å². The normalized spacial score (nSPS) is 24.3. The number of likely N-dealkylation sites (tertiary alicyclic amines) is 1. The van der Waals surface area contributed by atoms with Crippen molar-refractivity contribution >= 4 is 21.8 Å². The Balaban J connectivity index is 1.36. The highest BCUT2D eigenvalue weighted by Crippen LogP contribution is 2.32. The molecule has 0 bridgehead atoms. The number of hydrogen-bond acceptors (Lipinski definition) is 4. The van der Waals surface area contributed by atoms with Crippen molar-refractivity contribution in [2.45, 2.75) is 55.5 Å². The maximum absolute atomic E-state index is 12.9. The molecule has 0 radical (unpaired) electrons. The summed E-state index contributed by atoms with van der Waals surface area (Å²) < 4.78 is 27.2. The molecule has 3 aliphatic rings. The Morgan fingerprint density at radius 3 is 2.25 bits per heavy atom. The monoisotopic (exact) mass is 405 g/mol. The topological polar surface area (TPSA) is 86.8 Å². The summed E-state index contributed by atoms with van der Waals surface area (Å²) in [6.45, 7) is 1.69. The fourth-order valence-electron chi connectivity index (χ4n) is 4.15. The molecule has 1 aliphatic carbocycles. The number of nitrogens with zero attached hydrogens (tertiary/aromatic N) is 2. The van der Waals surface area contributed by atoms with Crippen LogP contribution in [-0.4, -0.2) is 61.2 Å². The molecular formula is C20H27N3O4S. The number of piperidine rings is 1. The van der Waals surface area contributed by atoms with Crippen molar-refractivity contribution in [1.29, 1.82) is 0 Å². The van der Waals surface area contributed by atoms with Gasteiger partial charge in [0, 0.05) is 31.6 Å². The highest BCUT2D eigenvalue weighted by Gasteiger charge is 2.40. The summed E-state index contributed by atoms with van der Waals surface area (Å²) >= 11 is 0. The molecular weight excluding hydrogens is 378 g/mol. The zero-order valence-electron chi connectivity index (χ0n) is 15.9. The molecule has 1 aromatic rings. The average Bonchev–Trinajstić information content (AvgIpc) is 3.44. The molecule has 0 spiro atoms. The first kappa shape index (κ1) is 19.4. The first-order valence-corrected chi connectivity index (χ1v) is 11.6. The van der Waals surface area contributed by atoms with E-state index in [4.69, 9.17) is 0 Å². The van der Waals surface area contributed by atoms with Crippen molar-refractivity contribution in [1.82, 2.24) is 14.5 Å². The molecule has 3 fully saturated rings. The number of hydrogen-bond donors (Lipinski definition) is 1. The van der Waals surface area contributed by atoms with Gasteiger partial charge in [-0.15, -0.1) is 0 Å². The Morgan fingerprint density at radius 1 is 0.929 bits per heavy atom. The molecule has 1 N–H and O–H groups in total. The Morgan fingerprint density at radius 2 is 1.61 bits per heavy atom. The zero-order valence-corrected chi connectivity index (χ0v) is 16.7. The van der Waals surface area contributed by atoms with Gasteiger partial charge in [0.25, 0.3) is 0 Å². The van der Waals surface area contributed by atoms with Crippen LogP contribution in [0.2, 0.25) is 0 Å². The summed E-state index contributed by atoms with van der Waals surface area (Å²) in [6.07, 6.45) is 4.67. The number of carbonyl (C=O) groups is 2. The summed E-state index contributed by atoms with van der Waals surface area (Å²) in [7, 11) is -3.68. The van der Waals surface area contributed by atoms with Gasteiger partial charge in [-0.3, -0.25) is 9.59 Å². The van der Waals surface area contributed by atoms with Crippen LogP contribution >= 0.6 is 0 Å². The van der Waals surface area contributed by atoms with Crippen molar-refractivity contribution in [3.05, 3.63) is 30.3 Å². The van der Waals surface area contributed by atoms with Crippen LogP contribution in [0.15, 0.2) is 35.2 Å². The molecule has 4 rings (SSSR count). The molecule has 2 heterocycles. The van der Waals surface area contributed by atoms with Gasteiger partial charge in [0.1, 0.15) is 6.04 Å². The SMILES string of the molecule is O=C(NC1CCN(C(=O)C2CC2)CC1)C1CCCN1S(=O)(=O)c1ccccc1. The van der Waals surface area contributed by atoms with Crippen molar-refractivity contribution in [2.75, 3.05) is 19.6 Å². The summed E-state index contributed by atoms with van der Waals surface area (Å²) in [5.74, 6) is 0.256. The van der Waals surface area contributed by atoms with Gasteiger partial charge in [-0.2, -0.15) is 4.31 Å². The molecule has 152 valence electrons. The van der Waals surface area contributed by atoms with E-state index < -0.39 is 16.1 Å². The summed E-state index contributed by atoms with van der Waals surface area (Å²) in [6, 6.07) is 7.62. The van der Waals surface area contributed by atoms with Crippen LogP contribution < -0.4 is 5.32 Å². The molecule has 7 nitrogen and oxygen atoms in total. The molecule has 2 amide bonds. The first-order valence-electron chi connectivity index (χ1n) is 10.1. The molecule has 2 saturated heterocycles. The molecule has 28 heavy (non-hydrogen) atoms. The minimum atomic E-state index is -3.68. The minimum absolute atomic E-state index is 0.00219. The van der Waals surface area contributed by atoms with Crippen molar-refractivity contribution in [2.24, 2.45) is 5.92 Å². The minimum Gasteiger partial charge on any atom is -0.352 e. The van der Waals surface area contributed by atoms with Gasteiger partial charge < -0.3 is 10.2 Å². The molecule has 2 aliphatic heterocycles. The Labute approximate surface area is 166 Å². The average molecular weight is 406 g/mol. The number of carbonyl (C=O) groups excluding carboxylic acids is 2. The zero-order chi connectivity index (χ0) is 19.7. The third-order valence-electron chi connectivity index (χ3n) is 5.94. The van der Waals surface area contributed by atoms with Gasteiger partial charge in [0.2, 0.25) is 21.8 Å². The maximum atomic E-state index is 12.9. The quantitative estimate of drug-likeness (QED) is 0.801. The largest absolute Gasteiger partial charge is 0.352 e. The standard InChI is InChI=1S/C20H27N3O4S/c24-19(21-16-10-13-22(14-11-16)20(25)15-8-9-15)18-7-4-12-23(18)28(26,27)17-5-2-1-3-6-17/h1-3,5-6,15-16,18H,4,7-14H2,(H,21,24). The van der Waals surface area contributed by atoms with E-state index in [0.717, 1.165) is 25.7 Å². The molecule has 1 aromatic carbocycles. The fraction of sp³-hybridized carbons (Fsp3) is 0.600. The van der Waals surface area contributed by atoms with Crippen LogP contribution in [0.3, 0.4) is 0 Å². The smallest absolute Gasteiger partial charge is 0.243 e. The highest BCUT2D eigenvalue weighted by molar-refractivity contribution is 7.89. The van der Waals surface area contributed by atoms with E-state index in [0.29, 0.717) is 32.5 Å². The second-order valence-electron chi connectivity index (χ2n) is 7.97. The highest BCUT2D eigenvalue weighted by atomic mass is 32.2. The van der Waals surface area contributed by atoms with E-state index in [1.54, 1.807) is 30.3 Å². The van der Waals surface area contributed by atoms with E-state index in [1.165, 1.54) is 4.31 Å². The maximum Gasteiger partial charge on any atom is 0.243 e. The van der Waals surface area contributed by atoms with Crippen LogP contribution in [0.4, 0.5) is 0 Å². The van der Waals surface area contributed by atoms with E-state index in [1.807, 2.05) is 4.90 Å². The first-order chi connectivity index (χ1) is 13.5. The summed E-state index contributed by atoms with van der Waals surface area (Å²) in [5, 5.41) is 3.04.